The normalized spacial score (nSPS) is 24.2. The Morgan fingerprint density at radius 3 is 2.38 bits per heavy atom. The predicted molar refractivity (Wildman–Crippen MR) is 123 cm³/mol. The molecule has 0 bridgehead atoms. The first-order valence-corrected chi connectivity index (χ1v) is 12.3. The minimum Gasteiger partial charge on any atom is -0.423 e. The molecule has 180 valence electrons. The van der Waals surface area contributed by atoms with Gasteiger partial charge in [-0.3, -0.25) is 0 Å². The van der Waals surface area contributed by atoms with E-state index in [1.165, 1.54) is 44.2 Å². The summed E-state index contributed by atoms with van der Waals surface area (Å²) in [5.74, 6) is -1.67. The second kappa shape index (κ2) is 10.6. The first-order valence-electron chi connectivity index (χ1n) is 12.3. The maximum Gasteiger partial charge on any atom is 0.343 e. The zero-order valence-corrected chi connectivity index (χ0v) is 19.5. The van der Waals surface area contributed by atoms with Gasteiger partial charge in [0.1, 0.15) is 29.3 Å². The molecule has 2 aromatic rings. The fourth-order valence-corrected chi connectivity index (χ4v) is 5.91. The molecule has 0 N–H and O–H groups in total. The lowest BCUT2D eigenvalue weighted by Crippen LogP contribution is -2.31. The van der Waals surface area contributed by atoms with E-state index in [9.17, 15) is 9.18 Å². The lowest BCUT2D eigenvalue weighted by atomic mass is 9.63. The molecule has 2 saturated carbocycles. The van der Waals surface area contributed by atoms with Gasteiger partial charge in [-0.25, -0.2) is 18.0 Å². The van der Waals surface area contributed by atoms with E-state index in [2.05, 4.69) is 6.92 Å². The highest BCUT2D eigenvalue weighted by Gasteiger charge is 2.37. The number of hydrogen-bond acceptors (Lipinski definition) is 3. The van der Waals surface area contributed by atoms with Crippen LogP contribution in [0.5, 0.6) is 5.75 Å². The number of nitriles is 1. The molecule has 0 radical (unpaired) electrons. The minimum atomic E-state index is -0.984. The Hall–Kier alpha value is -2.81. The molecule has 2 aromatic carbocycles. The van der Waals surface area contributed by atoms with Crippen molar-refractivity contribution in [2.75, 3.05) is 0 Å². The van der Waals surface area contributed by atoms with Gasteiger partial charge < -0.3 is 4.74 Å². The van der Waals surface area contributed by atoms with Gasteiger partial charge in [-0.15, -0.1) is 0 Å². The van der Waals surface area contributed by atoms with E-state index in [0.29, 0.717) is 11.8 Å². The monoisotopic (exact) mass is 469 g/mol. The Bertz CT molecular complexity index is 1070. The van der Waals surface area contributed by atoms with Crippen LogP contribution in [0.15, 0.2) is 30.3 Å². The molecule has 34 heavy (non-hydrogen) atoms. The number of hydrogen-bond donors (Lipinski definition) is 0. The summed E-state index contributed by atoms with van der Waals surface area (Å²) in [5.41, 5.74) is -0.397. The summed E-state index contributed by atoms with van der Waals surface area (Å²) >= 11 is 0. The highest BCUT2D eigenvalue weighted by Crippen LogP contribution is 2.49. The lowest BCUT2D eigenvalue weighted by molar-refractivity contribution is 0.0733. The molecule has 6 heteroatoms. The maximum absolute atomic E-state index is 15.0. The average Bonchev–Trinajstić information content (AvgIpc) is 2.82. The largest absolute Gasteiger partial charge is 0.423 e. The molecule has 4 atom stereocenters. The van der Waals surface area contributed by atoms with Gasteiger partial charge in [0.25, 0.3) is 0 Å². The Balaban J connectivity index is 1.43. The van der Waals surface area contributed by atoms with Gasteiger partial charge in [0.15, 0.2) is 0 Å². The number of rotatable bonds is 6. The van der Waals surface area contributed by atoms with Gasteiger partial charge in [-0.05, 0) is 80.0 Å². The topological polar surface area (TPSA) is 50.1 Å². The van der Waals surface area contributed by atoms with Crippen LogP contribution in [0.4, 0.5) is 13.2 Å². The van der Waals surface area contributed by atoms with Crippen molar-refractivity contribution in [1.82, 2.24) is 0 Å². The summed E-state index contributed by atoms with van der Waals surface area (Å²) in [6.45, 7) is 2.22. The SMILES string of the molecule is CCCC[C@H]1CC[C@@H]2CC(c3c(F)cc(C(=O)Oc4ccc(C#N)c(F)c4)cc3F)CC[C@H]2C1. The van der Waals surface area contributed by atoms with Crippen molar-refractivity contribution in [2.24, 2.45) is 17.8 Å². The number of ether oxygens (including phenoxy) is 1. The van der Waals surface area contributed by atoms with Crippen LogP contribution in [0.3, 0.4) is 0 Å². The summed E-state index contributed by atoms with van der Waals surface area (Å²) in [6.07, 6.45) is 9.89. The zero-order valence-electron chi connectivity index (χ0n) is 19.5. The number of halogens is 3. The molecule has 2 aliphatic rings. The average molecular weight is 470 g/mol. The molecule has 4 rings (SSSR count). The predicted octanol–water partition coefficient (Wildman–Crippen LogP) is 7.68. The number of nitrogens with zero attached hydrogens (tertiary/aromatic N) is 1. The second-order valence-corrected chi connectivity index (χ2v) is 9.85. The van der Waals surface area contributed by atoms with Crippen LogP contribution in [0.1, 0.15) is 92.1 Å². The lowest BCUT2D eigenvalue weighted by Gasteiger charge is -2.42. The summed E-state index contributed by atoms with van der Waals surface area (Å²) in [7, 11) is 0. The van der Waals surface area contributed by atoms with Crippen LogP contribution in [-0.2, 0) is 0 Å². The second-order valence-electron chi connectivity index (χ2n) is 9.85. The van der Waals surface area contributed by atoms with Crippen molar-refractivity contribution in [3.63, 3.8) is 0 Å². The van der Waals surface area contributed by atoms with Crippen LogP contribution >= 0.6 is 0 Å². The molecule has 0 amide bonds. The first kappa shape index (κ1) is 24.3. The Morgan fingerprint density at radius 2 is 1.71 bits per heavy atom. The minimum absolute atomic E-state index is 0.0625. The third-order valence-corrected chi connectivity index (χ3v) is 7.68. The summed E-state index contributed by atoms with van der Waals surface area (Å²) in [4.78, 5) is 12.4. The van der Waals surface area contributed by atoms with Gasteiger partial charge in [-0.1, -0.05) is 32.6 Å². The van der Waals surface area contributed by atoms with Gasteiger partial charge in [0.2, 0.25) is 0 Å². The van der Waals surface area contributed by atoms with Crippen LogP contribution in [0.25, 0.3) is 0 Å². The van der Waals surface area contributed by atoms with Crippen molar-refractivity contribution in [3.8, 4) is 11.8 Å². The Kier molecular flexibility index (Phi) is 7.60. The van der Waals surface area contributed by atoms with E-state index in [4.69, 9.17) is 10.00 Å². The van der Waals surface area contributed by atoms with Crippen molar-refractivity contribution >= 4 is 5.97 Å². The summed E-state index contributed by atoms with van der Waals surface area (Å²) < 4.78 is 48.9. The van der Waals surface area contributed by atoms with Crippen molar-refractivity contribution < 1.29 is 22.7 Å². The third-order valence-electron chi connectivity index (χ3n) is 7.68. The number of benzene rings is 2. The molecule has 0 aliphatic heterocycles. The van der Waals surface area contributed by atoms with E-state index in [1.54, 1.807) is 6.07 Å². The van der Waals surface area contributed by atoms with Crippen LogP contribution in [0.2, 0.25) is 0 Å². The van der Waals surface area contributed by atoms with E-state index in [1.807, 2.05) is 0 Å². The fraction of sp³-hybridized carbons (Fsp3) is 0.500. The summed E-state index contributed by atoms with van der Waals surface area (Å²) in [6, 6.07) is 7.02. The molecular weight excluding hydrogens is 439 g/mol. The van der Waals surface area contributed by atoms with E-state index in [-0.39, 0.29) is 28.4 Å². The number of carbonyl (C=O) groups excluding carboxylic acids is 1. The molecule has 1 unspecified atom stereocenters. The van der Waals surface area contributed by atoms with Gasteiger partial charge in [0, 0.05) is 11.6 Å². The van der Waals surface area contributed by atoms with Crippen LogP contribution in [-0.4, -0.2) is 5.97 Å². The highest BCUT2D eigenvalue weighted by atomic mass is 19.1. The Morgan fingerprint density at radius 1 is 1.00 bits per heavy atom. The fourth-order valence-electron chi connectivity index (χ4n) is 5.91. The maximum atomic E-state index is 15.0. The van der Waals surface area contributed by atoms with Crippen molar-refractivity contribution in [3.05, 3.63) is 64.5 Å². The zero-order chi connectivity index (χ0) is 24.2. The molecule has 2 aliphatic carbocycles. The molecule has 0 saturated heterocycles. The van der Waals surface area contributed by atoms with Crippen molar-refractivity contribution in [2.45, 2.75) is 70.6 Å². The van der Waals surface area contributed by atoms with E-state index in [0.717, 1.165) is 49.8 Å². The quantitative estimate of drug-likeness (QED) is 0.322. The molecular formula is C28H30F3NO2. The molecule has 2 fully saturated rings. The van der Waals surface area contributed by atoms with Crippen molar-refractivity contribution in [1.29, 1.82) is 5.26 Å². The van der Waals surface area contributed by atoms with Crippen LogP contribution < -0.4 is 4.74 Å². The standard InChI is InChI=1S/C28H30F3NO2/c1-2-3-4-17-5-6-19-12-20(8-7-18(19)11-17)27-25(30)13-22(14-26(27)31)28(33)34-23-10-9-21(16-32)24(29)15-23/h9-10,13-15,17-20H,2-8,11-12H2,1H3/t17-,18-,19+,20?/m0/s1. The van der Waals surface area contributed by atoms with Gasteiger partial charge in [0.05, 0.1) is 11.1 Å². The number of unbranched alkanes of at least 4 members (excludes halogenated alkanes) is 1. The molecule has 0 aromatic heterocycles. The van der Waals surface area contributed by atoms with E-state index < -0.39 is 23.4 Å². The van der Waals surface area contributed by atoms with Gasteiger partial charge in [-0.2, -0.15) is 5.26 Å². The summed E-state index contributed by atoms with van der Waals surface area (Å²) in [5, 5.41) is 8.79. The van der Waals surface area contributed by atoms with Gasteiger partial charge >= 0.3 is 5.97 Å². The molecule has 3 nitrogen and oxygen atoms in total. The van der Waals surface area contributed by atoms with E-state index >= 15 is 8.78 Å². The number of esters is 1. The first-order chi connectivity index (χ1) is 16.4. The van der Waals surface area contributed by atoms with Crippen LogP contribution in [0, 0.1) is 46.5 Å². The number of fused-ring (bicyclic) bond motifs is 1. The number of carbonyl (C=O) groups is 1. The smallest absolute Gasteiger partial charge is 0.343 e. The Labute approximate surface area is 198 Å². The third kappa shape index (κ3) is 5.29. The molecule has 0 spiro atoms. The highest BCUT2D eigenvalue weighted by molar-refractivity contribution is 5.91. The molecule has 0 heterocycles.